The molecule has 1 atom stereocenters. The second-order valence-electron chi connectivity index (χ2n) is 4.40. The molecule has 1 heterocycles. The Morgan fingerprint density at radius 1 is 1.33 bits per heavy atom. The summed E-state index contributed by atoms with van der Waals surface area (Å²) in [5, 5.41) is 13.6. The lowest BCUT2D eigenvalue weighted by molar-refractivity contribution is -0.384. The highest BCUT2D eigenvalue weighted by Crippen LogP contribution is 2.23. The molecular weight excluding hydrogens is 338 g/mol. The summed E-state index contributed by atoms with van der Waals surface area (Å²) < 4.78 is 0.507. The third-order valence-electron chi connectivity index (χ3n) is 2.96. The van der Waals surface area contributed by atoms with E-state index in [1.807, 2.05) is 6.92 Å². The number of rotatable bonds is 4. The Morgan fingerprint density at radius 2 is 2.00 bits per heavy atom. The van der Waals surface area contributed by atoms with Crippen molar-refractivity contribution >= 4 is 27.5 Å². The van der Waals surface area contributed by atoms with Gasteiger partial charge in [-0.2, -0.15) is 0 Å². The van der Waals surface area contributed by atoms with Crippen LogP contribution < -0.4 is 5.32 Å². The van der Waals surface area contributed by atoms with Gasteiger partial charge in [0.2, 0.25) is 0 Å². The molecule has 0 spiro atoms. The second kappa shape index (κ2) is 6.45. The van der Waals surface area contributed by atoms with Crippen molar-refractivity contribution in [3.63, 3.8) is 0 Å². The van der Waals surface area contributed by atoms with Crippen LogP contribution in [0.25, 0.3) is 0 Å². The Hall–Kier alpha value is -2.28. The molecule has 1 N–H and O–H groups in total. The van der Waals surface area contributed by atoms with Crippen LogP contribution in [0.15, 0.2) is 47.2 Å². The number of carbonyl (C=O) groups is 1. The van der Waals surface area contributed by atoms with Gasteiger partial charge in [0.05, 0.1) is 16.5 Å². The molecule has 21 heavy (non-hydrogen) atoms. The molecule has 2 aromatic rings. The maximum Gasteiger partial charge on any atom is 0.270 e. The number of amides is 1. The summed E-state index contributed by atoms with van der Waals surface area (Å²) in [7, 11) is 0. The quantitative estimate of drug-likeness (QED) is 0.678. The molecule has 108 valence electrons. The zero-order valence-electron chi connectivity index (χ0n) is 11.1. The Morgan fingerprint density at radius 3 is 2.62 bits per heavy atom. The number of nitro groups is 1. The average Bonchev–Trinajstić information content (AvgIpc) is 2.48. The lowest BCUT2D eigenvalue weighted by Gasteiger charge is -2.14. The average molecular weight is 350 g/mol. The van der Waals surface area contributed by atoms with Crippen molar-refractivity contribution in [1.29, 1.82) is 0 Å². The minimum Gasteiger partial charge on any atom is -0.345 e. The van der Waals surface area contributed by atoms with E-state index in [-0.39, 0.29) is 23.2 Å². The molecule has 0 radical (unpaired) electrons. The van der Waals surface area contributed by atoms with Gasteiger partial charge in [-0.05, 0) is 46.6 Å². The van der Waals surface area contributed by atoms with Gasteiger partial charge >= 0.3 is 0 Å². The first-order chi connectivity index (χ1) is 9.99. The van der Waals surface area contributed by atoms with Crippen LogP contribution in [0.5, 0.6) is 0 Å². The number of benzene rings is 1. The Labute approximate surface area is 129 Å². The molecule has 1 aromatic heterocycles. The van der Waals surface area contributed by atoms with E-state index in [2.05, 4.69) is 26.2 Å². The minimum atomic E-state index is -0.532. The van der Waals surface area contributed by atoms with Crippen LogP contribution in [0.2, 0.25) is 0 Å². The predicted molar refractivity (Wildman–Crippen MR) is 80.9 cm³/mol. The molecule has 0 bridgehead atoms. The standard InChI is InChI=1S/C14H12BrN3O3/c1-9(10-4-6-16-7-5-10)17-14(19)12-8-11(18(20)21)2-3-13(12)15/h2-9H,1H3,(H,17,19). The maximum atomic E-state index is 12.2. The number of nitrogens with zero attached hydrogens (tertiary/aromatic N) is 2. The Bertz CT molecular complexity index is 676. The molecule has 0 aliphatic carbocycles. The zero-order valence-corrected chi connectivity index (χ0v) is 12.7. The molecule has 0 fully saturated rings. The van der Waals surface area contributed by atoms with Crippen LogP contribution in [-0.2, 0) is 0 Å². The van der Waals surface area contributed by atoms with Gasteiger partial charge < -0.3 is 5.32 Å². The number of aromatic nitrogens is 1. The fraction of sp³-hybridized carbons (Fsp3) is 0.143. The van der Waals surface area contributed by atoms with Crippen LogP contribution in [0.3, 0.4) is 0 Å². The molecule has 6 nitrogen and oxygen atoms in total. The molecule has 1 unspecified atom stereocenters. The number of pyridine rings is 1. The lowest BCUT2D eigenvalue weighted by atomic mass is 10.1. The molecular formula is C14H12BrN3O3. The number of carbonyl (C=O) groups excluding carboxylic acids is 1. The van der Waals surface area contributed by atoms with E-state index in [1.165, 1.54) is 18.2 Å². The fourth-order valence-corrected chi connectivity index (χ4v) is 2.24. The van der Waals surface area contributed by atoms with Gasteiger partial charge in [0, 0.05) is 29.0 Å². The van der Waals surface area contributed by atoms with E-state index in [4.69, 9.17) is 0 Å². The van der Waals surface area contributed by atoms with Gasteiger partial charge in [0.25, 0.3) is 11.6 Å². The number of nitro benzene ring substituents is 1. The topological polar surface area (TPSA) is 85.1 Å². The molecule has 1 amide bonds. The normalized spacial score (nSPS) is 11.7. The van der Waals surface area contributed by atoms with Crippen molar-refractivity contribution in [1.82, 2.24) is 10.3 Å². The highest BCUT2D eigenvalue weighted by Gasteiger charge is 2.17. The zero-order chi connectivity index (χ0) is 15.4. The largest absolute Gasteiger partial charge is 0.345 e. The van der Waals surface area contributed by atoms with Gasteiger partial charge in [0.1, 0.15) is 0 Å². The second-order valence-corrected chi connectivity index (χ2v) is 5.25. The maximum absolute atomic E-state index is 12.2. The van der Waals surface area contributed by atoms with E-state index in [0.717, 1.165) is 5.56 Å². The van der Waals surface area contributed by atoms with Crippen LogP contribution in [0.1, 0.15) is 28.9 Å². The number of non-ortho nitro benzene ring substituents is 1. The molecule has 7 heteroatoms. The summed E-state index contributed by atoms with van der Waals surface area (Å²) in [6.45, 7) is 1.83. The number of nitrogens with one attached hydrogen (secondary N) is 1. The lowest BCUT2D eigenvalue weighted by Crippen LogP contribution is -2.27. The van der Waals surface area contributed by atoms with Gasteiger partial charge in [-0.3, -0.25) is 19.9 Å². The smallest absolute Gasteiger partial charge is 0.270 e. The fourth-order valence-electron chi connectivity index (χ4n) is 1.81. The van der Waals surface area contributed by atoms with Crippen LogP contribution in [0.4, 0.5) is 5.69 Å². The van der Waals surface area contributed by atoms with Crippen LogP contribution in [0, 0.1) is 10.1 Å². The van der Waals surface area contributed by atoms with Crippen molar-refractivity contribution in [3.05, 3.63) is 68.4 Å². The predicted octanol–water partition coefficient (Wildman–Crippen LogP) is 3.24. The van der Waals surface area contributed by atoms with E-state index in [1.54, 1.807) is 24.5 Å². The molecule has 1 aromatic carbocycles. The number of halogens is 1. The third kappa shape index (κ3) is 3.63. The first-order valence-corrected chi connectivity index (χ1v) is 6.93. The van der Waals surface area contributed by atoms with Crippen LogP contribution >= 0.6 is 15.9 Å². The van der Waals surface area contributed by atoms with Gasteiger partial charge in [-0.25, -0.2) is 0 Å². The van der Waals surface area contributed by atoms with Gasteiger partial charge in [0.15, 0.2) is 0 Å². The number of hydrogen-bond acceptors (Lipinski definition) is 4. The highest BCUT2D eigenvalue weighted by molar-refractivity contribution is 9.10. The van der Waals surface area contributed by atoms with Crippen molar-refractivity contribution < 1.29 is 9.72 Å². The minimum absolute atomic E-state index is 0.125. The first-order valence-electron chi connectivity index (χ1n) is 6.14. The molecule has 0 aliphatic heterocycles. The van der Waals surface area contributed by atoms with Crippen molar-refractivity contribution in [2.24, 2.45) is 0 Å². The Kier molecular flexibility index (Phi) is 4.64. The summed E-state index contributed by atoms with van der Waals surface area (Å²) in [5.41, 5.74) is 1.00. The molecule has 0 saturated carbocycles. The van der Waals surface area contributed by atoms with E-state index >= 15 is 0 Å². The molecule has 0 saturated heterocycles. The van der Waals surface area contributed by atoms with Crippen molar-refractivity contribution in [2.45, 2.75) is 13.0 Å². The molecule has 2 rings (SSSR count). The van der Waals surface area contributed by atoms with Crippen molar-refractivity contribution in [2.75, 3.05) is 0 Å². The Balaban J connectivity index is 2.21. The van der Waals surface area contributed by atoms with E-state index < -0.39 is 4.92 Å². The highest BCUT2D eigenvalue weighted by atomic mass is 79.9. The SMILES string of the molecule is CC(NC(=O)c1cc([N+](=O)[O-])ccc1Br)c1ccncc1. The summed E-state index contributed by atoms with van der Waals surface area (Å²) in [4.78, 5) is 26.4. The van der Waals surface area contributed by atoms with E-state index in [9.17, 15) is 14.9 Å². The number of hydrogen-bond donors (Lipinski definition) is 1. The molecule has 0 aliphatic rings. The summed E-state index contributed by atoms with van der Waals surface area (Å²) in [6.07, 6.45) is 3.28. The van der Waals surface area contributed by atoms with E-state index in [0.29, 0.717) is 4.47 Å². The van der Waals surface area contributed by atoms with Crippen molar-refractivity contribution in [3.8, 4) is 0 Å². The van der Waals surface area contributed by atoms with Gasteiger partial charge in [-0.1, -0.05) is 0 Å². The first kappa shape index (κ1) is 15.1. The third-order valence-corrected chi connectivity index (χ3v) is 3.65. The summed E-state index contributed by atoms with van der Waals surface area (Å²) in [6, 6.07) is 7.45. The monoisotopic (exact) mass is 349 g/mol. The summed E-state index contributed by atoms with van der Waals surface area (Å²) >= 11 is 3.23. The summed E-state index contributed by atoms with van der Waals surface area (Å²) in [5.74, 6) is -0.380. The van der Waals surface area contributed by atoms with Crippen LogP contribution in [-0.4, -0.2) is 15.8 Å². The van der Waals surface area contributed by atoms with Gasteiger partial charge in [-0.15, -0.1) is 0 Å².